The predicted molar refractivity (Wildman–Crippen MR) is 131 cm³/mol. The number of nitrogens with one attached hydrogen (secondary N) is 1. The fraction of sp³-hybridized carbons (Fsp3) is 0.481. The highest BCUT2D eigenvalue weighted by Crippen LogP contribution is 2.32. The number of nitrogens with zero attached hydrogens (tertiary/aromatic N) is 2. The van der Waals surface area contributed by atoms with Gasteiger partial charge in [0.1, 0.15) is 0 Å². The van der Waals surface area contributed by atoms with Gasteiger partial charge in [0.15, 0.2) is 0 Å². The van der Waals surface area contributed by atoms with E-state index in [0.717, 1.165) is 24.3 Å². The molecule has 0 aliphatic carbocycles. The van der Waals surface area contributed by atoms with E-state index >= 15 is 0 Å². The van der Waals surface area contributed by atoms with Crippen molar-refractivity contribution in [2.75, 3.05) is 36.8 Å². The summed E-state index contributed by atoms with van der Waals surface area (Å²) in [6.07, 6.45) is 5.87. The maximum absolute atomic E-state index is 12.1. The van der Waals surface area contributed by atoms with Gasteiger partial charge in [0.2, 0.25) is 11.8 Å². The van der Waals surface area contributed by atoms with E-state index in [-0.39, 0.29) is 17.7 Å². The number of nitrogens with two attached hydrogens (primary N) is 1. The lowest BCUT2D eigenvalue weighted by Crippen LogP contribution is -2.47. The Kier molecular flexibility index (Phi) is 6.36. The van der Waals surface area contributed by atoms with Gasteiger partial charge in [0, 0.05) is 36.9 Å². The minimum atomic E-state index is -0.210. The predicted octanol–water partition coefficient (Wildman–Crippen LogP) is 3.64. The average Bonchev–Trinajstić information content (AvgIpc) is 2.85. The topological polar surface area (TPSA) is 78.7 Å². The fourth-order valence-corrected chi connectivity index (χ4v) is 5.78. The van der Waals surface area contributed by atoms with Gasteiger partial charge in [0.25, 0.3) is 0 Å². The van der Waals surface area contributed by atoms with Crippen molar-refractivity contribution >= 4 is 23.2 Å². The lowest BCUT2D eigenvalue weighted by Gasteiger charge is -2.42. The molecule has 2 aromatic carbocycles. The van der Waals surface area contributed by atoms with Crippen LogP contribution < -0.4 is 16.0 Å². The molecule has 1 unspecified atom stereocenters. The molecule has 3 heterocycles. The van der Waals surface area contributed by atoms with Crippen molar-refractivity contribution in [1.29, 1.82) is 0 Å². The van der Waals surface area contributed by atoms with Crippen molar-refractivity contribution in [1.82, 2.24) is 10.2 Å². The molecule has 3 fully saturated rings. The summed E-state index contributed by atoms with van der Waals surface area (Å²) in [6.45, 7) is 4.50. The molecule has 3 N–H and O–H groups in total. The number of hydrogen-bond acceptors (Lipinski definition) is 5. The third-order valence-electron chi connectivity index (χ3n) is 7.82. The minimum Gasteiger partial charge on any atom is -0.399 e. The number of carbonyl (C=O) groups excluding carboxylic acids is 2. The zero-order valence-electron chi connectivity index (χ0n) is 19.2. The van der Waals surface area contributed by atoms with Gasteiger partial charge in [-0.2, -0.15) is 0 Å². The summed E-state index contributed by atoms with van der Waals surface area (Å²) in [5.41, 5.74) is 10.3. The van der Waals surface area contributed by atoms with E-state index in [1.54, 1.807) is 0 Å². The van der Waals surface area contributed by atoms with E-state index in [1.807, 2.05) is 12.1 Å². The Labute approximate surface area is 196 Å². The third-order valence-corrected chi connectivity index (χ3v) is 7.82. The molecule has 174 valence electrons. The molecule has 3 aliphatic rings. The van der Waals surface area contributed by atoms with Crippen LogP contribution in [0.3, 0.4) is 0 Å². The van der Waals surface area contributed by atoms with E-state index in [4.69, 9.17) is 5.73 Å². The van der Waals surface area contributed by atoms with Gasteiger partial charge in [-0.05, 0) is 86.5 Å². The number of anilines is 2. The minimum absolute atomic E-state index is 0.162. The van der Waals surface area contributed by atoms with E-state index in [1.165, 1.54) is 50.0 Å². The fourth-order valence-electron chi connectivity index (χ4n) is 5.78. The van der Waals surface area contributed by atoms with E-state index in [0.29, 0.717) is 24.8 Å². The molecule has 3 saturated heterocycles. The number of rotatable bonds is 4. The van der Waals surface area contributed by atoms with Crippen molar-refractivity contribution in [3.05, 3.63) is 59.7 Å². The molecule has 0 bridgehead atoms. The van der Waals surface area contributed by atoms with Gasteiger partial charge >= 0.3 is 0 Å². The van der Waals surface area contributed by atoms with Crippen LogP contribution in [0.15, 0.2) is 48.5 Å². The Bertz CT molecular complexity index is 972. The SMILES string of the molecule is Nc1ccc(C2CCN(C3CCN(c4ccc(C5CCC(=O)NC5=O)cc4)CC3)CC2)cc1. The molecule has 2 aromatic rings. The largest absolute Gasteiger partial charge is 0.399 e. The van der Waals surface area contributed by atoms with Crippen LogP contribution in [-0.2, 0) is 9.59 Å². The van der Waals surface area contributed by atoms with Crippen LogP contribution in [0.25, 0.3) is 0 Å². The van der Waals surface area contributed by atoms with E-state index in [9.17, 15) is 9.59 Å². The normalized spacial score (nSPS) is 23.5. The summed E-state index contributed by atoms with van der Waals surface area (Å²) in [7, 11) is 0. The Balaban J connectivity index is 1.11. The van der Waals surface area contributed by atoms with E-state index < -0.39 is 0 Å². The molecule has 0 saturated carbocycles. The number of amides is 2. The van der Waals surface area contributed by atoms with Crippen LogP contribution in [0, 0.1) is 0 Å². The molecule has 1 atom stereocenters. The lowest BCUT2D eigenvalue weighted by molar-refractivity contribution is -0.134. The lowest BCUT2D eigenvalue weighted by atomic mass is 9.88. The maximum atomic E-state index is 12.1. The summed E-state index contributed by atoms with van der Waals surface area (Å²) < 4.78 is 0. The quantitative estimate of drug-likeness (QED) is 0.554. The van der Waals surface area contributed by atoms with Gasteiger partial charge in [-0.3, -0.25) is 14.9 Å². The standard InChI is InChI=1S/C27H34N4O2/c28-22-5-1-19(2-6-22)20-11-15-30(16-12-20)24-13-17-31(18-14-24)23-7-3-21(4-8-23)25-9-10-26(32)29-27(25)33/h1-8,20,24-25H,9-18,28H2,(H,29,32,33). The first-order chi connectivity index (χ1) is 16.1. The number of piperidine rings is 3. The molecule has 33 heavy (non-hydrogen) atoms. The Morgan fingerprint density at radius 1 is 0.758 bits per heavy atom. The molecule has 6 nitrogen and oxygen atoms in total. The van der Waals surface area contributed by atoms with Crippen molar-refractivity contribution < 1.29 is 9.59 Å². The average molecular weight is 447 g/mol. The molecular formula is C27H34N4O2. The first-order valence-corrected chi connectivity index (χ1v) is 12.3. The van der Waals surface area contributed by atoms with Crippen LogP contribution >= 0.6 is 0 Å². The van der Waals surface area contributed by atoms with Gasteiger partial charge < -0.3 is 15.5 Å². The van der Waals surface area contributed by atoms with Crippen molar-refractivity contribution in [2.45, 2.75) is 56.4 Å². The van der Waals surface area contributed by atoms with E-state index in [2.05, 4.69) is 51.5 Å². The summed E-state index contributed by atoms with van der Waals surface area (Å²) >= 11 is 0. The second kappa shape index (κ2) is 9.56. The van der Waals surface area contributed by atoms with Crippen molar-refractivity contribution in [3.8, 4) is 0 Å². The highest BCUT2D eigenvalue weighted by Gasteiger charge is 2.30. The molecule has 0 aromatic heterocycles. The Morgan fingerprint density at radius 2 is 1.39 bits per heavy atom. The molecule has 5 rings (SSSR count). The summed E-state index contributed by atoms with van der Waals surface area (Å²) in [4.78, 5) is 28.7. The third kappa shape index (κ3) is 4.91. The summed E-state index contributed by atoms with van der Waals surface area (Å²) in [6, 6.07) is 17.5. The van der Waals surface area contributed by atoms with Gasteiger partial charge in [-0.25, -0.2) is 0 Å². The zero-order valence-corrected chi connectivity index (χ0v) is 19.2. The molecule has 6 heteroatoms. The van der Waals surface area contributed by atoms with Crippen LogP contribution in [0.2, 0.25) is 0 Å². The Morgan fingerprint density at radius 3 is 2.03 bits per heavy atom. The molecule has 0 spiro atoms. The van der Waals surface area contributed by atoms with Gasteiger partial charge in [-0.1, -0.05) is 24.3 Å². The number of nitrogen functional groups attached to an aromatic ring is 1. The maximum Gasteiger partial charge on any atom is 0.234 e. The second-order valence-corrected chi connectivity index (χ2v) is 9.79. The first kappa shape index (κ1) is 22.0. The number of likely N-dealkylation sites (tertiary alicyclic amines) is 1. The molecular weight excluding hydrogens is 412 g/mol. The highest BCUT2D eigenvalue weighted by molar-refractivity contribution is 6.00. The highest BCUT2D eigenvalue weighted by atomic mass is 16.2. The van der Waals surface area contributed by atoms with Gasteiger partial charge in [0.05, 0.1) is 5.92 Å². The Hall–Kier alpha value is -2.86. The molecule has 2 amide bonds. The molecule has 3 aliphatic heterocycles. The van der Waals surface area contributed by atoms with Crippen LogP contribution in [0.5, 0.6) is 0 Å². The number of imide groups is 1. The number of benzene rings is 2. The second-order valence-electron chi connectivity index (χ2n) is 9.79. The zero-order chi connectivity index (χ0) is 22.8. The first-order valence-electron chi connectivity index (χ1n) is 12.3. The number of hydrogen-bond donors (Lipinski definition) is 2. The summed E-state index contributed by atoms with van der Waals surface area (Å²) in [5.74, 6) is 0.119. The van der Waals surface area contributed by atoms with Crippen molar-refractivity contribution in [2.24, 2.45) is 0 Å². The number of carbonyl (C=O) groups is 2. The van der Waals surface area contributed by atoms with Crippen LogP contribution in [0.4, 0.5) is 11.4 Å². The van der Waals surface area contributed by atoms with Gasteiger partial charge in [-0.15, -0.1) is 0 Å². The molecule has 0 radical (unpaired) electrons. The monoisotopic (exact) mass is 446 g/mol. The summed E-state index contributed by atoms with van der Waals surface area (Å²) in [5, 5.41) is 2.46. The smallest absolute Gasteiger partial charge is 0.234 e. The van der Waals surface area contributed by atoms with Crippen LogP contribution in [0.1, 0.15) is 61.5 Å². The van der Waals surface area contributed by atoms with Crippen LogP contribution in [-0.4, -0.2) is 48.9 Å². The van der Waals surface area contributed by atoms with Crippen molar-refractivity contribution in [3.63, 3.8) is 0 Å².